The smallest absolute Gasteiger partial charge is 0.222 e. The number of Topliss-reactive ketones (excluding diaryl/α,β-unsaturated/α-hetero) is 1. The largest absolute Gasteiger partial charge is 0.495 e. The van der Waals surface area contributed by atoms with Crippen LogP contribution in [0, 0.1) is 17.5 Å². The molecule has 0 aliphatic carbocycles. The van der Waals surface area contributed by atoms with Crippen molar-refractivity contribution in [3.8, 4) is 5.75 Å². The summed E-state index contributed by atoms with van der Waals surface area (Å²) < 4.78 is 44.6. The van der Waals surface area contributed by atoms with Gasteiger partial charge in [0.1, 0.15) is 73.1 Å². The number of ether oxygens (including phenoxy) is 1. The molecule has 14 aromatic heterocycles. The van der Waals surface area contributed by atoms with Crippen LogP contribution < -0.4 is 93.6 Å². The van der Waals surface area contributed by atoms with Gasteiger partial charge in [0.05, 0.1) is 116 Å². The predicted molar refractivity (Wildman–Crippen MR) is 530 cm³/mol. The summed E-state index contributed by atoms with van der Waals surface area (Å²) in [5.74, 6) is 4.05. The predicted octanol–water partition coefficient (Wildman–Crippen LogP) is 10.8. The third kappa shape index (κ3) is 33.7. The van der Waals surface area contributed by atoms with Crippen molar-refractivity contribution in [2.75, 3.05) is 124 Å². The number of pyridine rings is 7. The molecular formula is C90H128F3N37O6. The Labute approximate surface area is 785 Å². The van der Waals surface area contributed by atoms with Crippen molar-refractivity contribution >= 4 is 165 Å². The fourth-order valence-corrected chi connectivity index (χ4v) is 13.5. The van der Waals surface area contributed by atoms with Gasteiger partial charge in [-0.3, -0.25) is 15.0 Å². The minimum atomic E-state index is -0.483. The Morgan fingerprint density at radius 1 is 0.338 bits per heavy atom. The summed E-state index contributed by atoms with van der Waals surface area (Å²) >= 11 is 0. The van der Waals surface area contributed by atoms with Gasteiger partial charge in [-0.25, -0.2) is 68.0 Å². The third-order valence-corrected chi connectivity index (χ3v) is 20.4. The van der Waals surface area contributed by atoms with E-state index < -0.39 is 17.5 Å². The molecule has 0 aromatic carbocycles. The van der Waals surface area contributed by atoms with Crippen LogP contribution in [0.5, 0.6) is 5.75 Å². The Hall–Kier alpha value is -14.4. The van der Waals surface area contributed by atoms with Crippen LogP contribution in [0.25, 0.3) is 77.2 Å². The van der Waals surface area contributed by atoms with E-state index in [4.69, 9.17) is 56.3 Å². The molecule has 43 nitrogen and oxygen atoms in total. The van der Waals surface area contributed by atoms with Crippen LogP contribution in [0.15, 0.2) is 104 Å². The Balaban J connectivity index is 0.000000195. The number of hydrogen-bond donors (Lipinski definition) is 20. The van der Waals surface area contributed by atoms with Gasteiger partial charge in [0.25, 0.3) is 0 Å². The highest BCUT2D eigenvalue weighted by molar-refractivity contribution is 5.91. The molecule has 0 radical (unpaired) electrons. The number of nitrogens with one attached hydrogen (secondary N) is 7. The first kappa shape index (κ1) is 107. The van der Waals surface area contributed by atoms with E-state index in [1.54, 1.807) is 44.9 Å². The zero-order valence-corrected chi connectivity index (χ0v) is 78.2. The third-order valence-electron chi connectivity index (χ3n) is 20.4. The highest BCUT2D eigenvalue weighted by Gasteiger charge is 2.22. The zero-order chi connectivity index (χ0) is 98.6. The van der Waals surface area contributed by atoms with E-state index in [2.05, 4.69) is 176 Å². The van der Waals surface area contributed by atoms with E-state index in [0.29, 0.717) is 121 Å². The van der Waals surface area contributed by atoms with Crippen molar-refractivity contribution in [1.82, 2.24) is 105 Å². The number of fused-ring (bicyclic) bond motifs is 7. The molecule has 0 aliphatic heterocycles. The molecule has 7 atom stereocenters. The molecular weight excluding hydrogens is 1750 g/mol. The summed E-state index contributed by atoms with van der Waals surface area (Å²) in [6.45, 7) is 17.2. The lowest BCUT2D eigenvalue weighted by Gasteiger charge is -2.19. The van der Waals surface area contributed by atoms with Gasteiger partial charge < -0.3 is 119 Å². The van der Waals surface area contributed by atoms with Crippen molar-refractivity contribution < 1.29 is 43.1 Å². The van der Waals surface area contributed by atoms with Gasteiger partial charge in [0.2, 0.25) is 41.6 Å². The minimum Gasteiger partial charge on any atom is -0.495 e. The maximum absolute atomic E-state index is 13.2. The van der Waals surface area contributed by atoms with Crippen molar-refractivity contribution in [3.63, 3.8) is 0 Å². The number of carbonyl (C=O) groups excluding carboxylic acids is 1. The first-order valence-electron chi connectivity index (χ1n) is 45.2. The number of aliphatic hydroxyl groups excluding tert-OH is 4. The second-order valence-corrected chi connectivity index (χ2v) is 31.6. The van der Waals surface area contributed by atoms with Crippen molar-refractivity contribution in [2.24, 2.45) is 11.5 Å². The number of nitrogens with two attached hydrogens (primary N) is 9. The van der Waals surface area contributed by atoms with Crippen LogP contribution in [-0.4, -0.2) is 220 Å². The molecule has 0 saturated carbocycles. The van der Waals surface area contributed by atoms with Crippen molar-refractivity contribution in [3.05, 3.63) is 121 Å². The summed E-state index contributed by atoms with van der Waals surface area (Å²) in [6, 6.07) is 16.5. The maximum Gasteiger partial charge on any atom is 0.222 e. The standard InChI is InChI=1S/C16H23N5O.2C13H18FN5O.C13H20N6.C13H19N5O2.C12H16FN5O.C10H14N6/c1-3-4-6-12(9-8-11(2)22)19-15-14-13(7-5-10-18-14)20-16(17)21-15;2*1-2-3-4-9(7-20)17-12-11-10(18-13(15)19-12)5-8(14)6-16-11;1-2-3-5-9(8-14)17-12-11-10(6-4-7-16-11)18-13(15)19-12;1-3-4-8(7-19)16-12-11-10(17-13(14)18-12)5-9(20-2)6-15-11;1-2-3-8(6-19)16-11-10-9(17-12(14)18-11)4-7(13)5-15-10;1-6(5-11)14-9-8-7(3-2-4-13-8)15-10(12)16-9/h5,7,10,12H,3-4,6,8-9H2,1-2H3,(H3,17,19,20,21);2*5-6,9,20H,2-4,7H2,1H3,(H3,15,17,18,19);4,6-7,9H,2-3,5,8,14H2,1H3,(H3,15,17,18,19);5-6,8,19H,3-4,7H2,1-2H3,(H3,14,16,17,18);4-5,8,19H,2-3,6H2,1H3,(H3,14,16,17,18);2-4,6H,5,11H2,1H3,(H3,12,14,15,16)/t12-;3*9-;2*8-;6-/m1101000/s1. The number of ketones is 1. The highest BCUT2D eigenvalue weighted by atomic mass is 19.1. The number of aliphatic hydroxyl groups is 4. The van der Waals surface area contributed by atoms with E-state index in [1.165, 1.54) is 18.2 Å². The summed E-state index contributed by atoms with van der Waals surface area (Å²) in [5, 5.41) is 59.7. The fraction of sp³-hybridized carbons (Fsp3) is 0.444. The van der Waals surface area contributed by atoms with Crippen LogP contribution in [0.2, 0.25) is 0 Å². The van der Waals surface area contributed by atoms with Gasteiger partial charge in [0, 0.05) is 80.5 Å². The molecule has 0 unspecified atom stereocenters. The molecule has 0 fully saturated rings. The van der Waals surface area contributed by atoms with E-state index in [9.17, 15) is 38.4 Å². The number of unbranched alkanes of at least 4 members (excludes halogenated alkanes) is 4. The lowest BCUT2D eigenvalue weighted by Crippen LogP contribution is -2.29. The molecule has 0 amide bonds. The van der Waals surface area contributed by atoms with Crippen LogP contribution in [0.1, 0.15) is 171 Å². The van der Waals surface area contributed by atoms with E-state index in [-0.39, 0.29) is 116 Å². The SMILES string of the molecule is CCCC[C@@H](CO)Nc1nc(N)nc2cc(F)cnc12.CCCC[C@H](CCC(C)=O)Nc1nc(N)nc2cccnc12.CCCC[C@H](CN)Nc1nc(N)nc2cccnc12.CCCC[C@H](CO)Nc1nc(N)nc2cc(F)cnc12.CCC[C@@H](CO)Nc1nc(N)nc2cc(F)cnc12.CCC[C@@H](CO)Nc1nc(N)nc2cc(OC)cnc12.C[C@@H](CN)Nc1nc(N)nc2cccnc12. The normalized spacial score (nSPS) is 12.5. The molecule has 46 heteroatoms. The number of anilines is 14. The summed E-state index contributed by atoms with van der Waals surface area (Å²) in [4.78, 5) is 97.9. The first-order chi connectivity index (χ1) is 65.6. The number of carbonyl (C=O) groups is 1. The number of methoxy groups -OCH3 is 1. The monoisotopic (exact) mass is 1880 g/mol. The Kier molecular flexibility index (Phi) is 44.0. The Morgan fingerprint density at radius 2 is 0.603 bits per heavy atom. The van der Waals surface area contributed by atoms with Gasteiger partial charge in [0.15, 0.2) is 40.7 Å². The van der Waals surface area contributed by atoms with Gasteiger partial charge >= 0.3 is 0 Å². The molecule has 0 spiro atoms. The van der Waals surface area contributed by atoms with E-state index in [0.717, 1.165) is 150 Å². The highest BCUT2D eigenvalue weighted by Crippen LogP contribution is 2.30. The molecule has 14 rings (SSSR count). The lowest BCUT2D eigenvalue weighted by molar-refractivity contribution is -0.117. The van der Waals surface area contributed by atoms with E-state index in [1.807, 2.05) is 50.2 Å². The summed E-state index contributed by atoms with van der Waals surface area (Å²) in [7, 11) is 1.57. The second kappa shape index (κ2) is 56.0. The number of aromatic nitrogens is 21. The van der Waals surface area contributed by atoms with Crippen LogP contribution in [0.3, 0.4) is 0 Å². The zero-order valence-electron chi connectivity index (χ0n) is 78.2. The average molecular weight is 1880 g/mol. The second-order valence-electron chi connectivity index (χ2n) is 31.6. The molecule has 0 bridgehead atoms. The first-order valence-corrected chi connectivity index (χ1v) is 45.2. The summed E-state index contributed by atoms with van der Waals surface area (Å²) in [6.07, 6.45) is 27.0. The molecule has 29 N–H and O–H groups in total. The van der Waals surface area contributed by atoms with Crippen LogP contribution in [-0.2, 0) is 4.79 Å². The van der Waals surface area contributed by atoms with Gasteiger partial charge in [-0.2, -0.15) is 34.9 Å². The fourth-order valence-electron chi connectivity index (χ4n) is 13.5. The van der Waals surface area contributed by atoms with Crippen molar-refractivity contribution in [2.45, 2.75) is 213 Å². The van der Waals surface area contributed by atoms with Crippen molar-refractivity contribution in [1.29, 1.82) is 0 Å². The average Bonchev–Trinajstić information content (AvgIpc) is 0.827. The van der Waals surface area contributed by atoms with Crippen LogP contribution in [0.4, 0.5) is 95.5 Å². The molecule has 136 heavy (non-hydrogen) atoms. The number of nitrogens with zero attached hydrogens (tertiary/aromatic N) is 21. The van der Waals surface area contributed by atoms with E-state index >= 15 is 0 Å². The molecule has 0 saturated heterocycles. The van der Waals surface area contributed by atoms with Gasteiger partial charge in [-0.1, -0.05) is 106 Å². The molecule has 730 valence electrons. The number of nitrogen functional groups attached to an aromatic ring is 7. The van der Waals surface area contributed by atoms with Gasteiger partial charge in [-0.05, 0) is 95.2 Å². The quantitative estimate of drug-likeness (QED) is 0.0170. The number of halogens is 3. The topological polar surface area (TPSA) is 696 Å². The number of rotatable bonds is 40. The molecule has 0 aliphatic rings. The minimum absolute atomic E-state index is 0.0212. The molecule has 14 heterocycles. The van der Waals surface area contributed by atoms with Crippen LogP contribution >= 0.6 is 0 Å². The molecule has 14 aromatic rings. The number of hydrogen-bond acceptors (Lipinski definition) is 43. The lowest BCUT2D eigenvalue weighted by atomic mass is 10.0. The Morgan fingerprint density at radius 3 is 0.890 bits per heavy atom. The van der Waals surface area contributed by atoms with Gasteiger partial charge in [-0.15, -0.1) is 0 Å². The summed E-state index contributed by atoms with van der Waals surface area (Å²) in [5.41, 5.74) is 58.9. The maximum atomic E-state index is 13.2. The Bertz CT molecular complexity index is 5950.